The number of hydrogen-bond donors (Lipinski definition) is 0. The van der Waals surface area contributed by atoms with Gasteiger partial charge in [0.25, 0.3) is 0 Å². The Bertz CT molecular complexity index is 1410. The van der Waals surface area contributed by atoms with Crippen LogP contribution in [0, 0.1) is 0 Å². The standard InChI is InChI=1S/C28H29BrN2O4/c1-6-22-20(23(16-32)31(7-2)30-22)14-17-12-13-24-21(15-17)25(29)26(34-24)18-10-8-9-11-19(18)27(33)35-28(3,4)5/h8-13,15-16H,6-7,14H2,1-5H3. The summed E-state index contributed by atoms with van der Waals surface area (Å²) in [5.74, 6) is 0.169. The number of aryl methyl sites for hydroxylation is 2. The molecular formula is C28H29BrN2O4. The Kier molecular flexibility index (Phi) is 6.99. The minimum Gasteiger partial charge on any atom is -0.456 e. The second-order valence-electron chi connectivity index (χ2n) is 9.40. The van der Waals surface area contributed by atoms with Crippen molar-refractivity contribution in [2.75, 3.05) is 0 Å². The average molecular weight is 537 g/mol. The molecule has 0 N–H and O–H groups in total. The molecule has 0 aliphatic heterocycles. The second kappa shape index (κ2) is 9.82. The molecule has 0 aliphatic carbocycles. The fraction of sp³-hybridized carbons (Fsp3) is 0.321. The van der Waals surface area contributed by atoms with Crippen LogP contribution in [0.25, 0.3) is 22.3 Å². The number of carbonyl (C=O) groups is 2. The van der Waals surface area contributed by atoms with Crippen LogP contribution in [-0.2, 0) is 24.1 Å². The molecule has 0 unspecified atom stereocenters. The van der Waals surface area contributed by atoms with Gasteiger partial charge in [-0.3, -0.25) is 9.48 Å². The monoisotopic (exact) mass is 536 g/mol. The molecule has 0 fully saturated rings. The highest BCUT2D eigenvalue weighted by Crippen LogP contribution is 2.40. The molecule has 0 radical (unpaired) electrons. The van der Waals surface area contributed by atoms with Crippen LogP contribution in [0.15, 0.2) is 51.4 Å². The van der Waals surface area contributed by atoms with Crippen LogP contribution < -0.4 is 0 Å². The van der Waals surface area contributed by atoms with E-state index in [0.717, 1.165) is 39.4 Å². The average Bonchev–Trinajstić information content (AvgIpc) is 3.34. The van der Waals surface area contributed by atoms with Crippen molar-refractivity contribution in [2.24, 2.45) is 0 Å². The summed E-state index contributed by atoms with van der Waals surface area (Å²) in [4.78, 5) is 24.7. The maximum atomic E-state index is 12.9. The van der Waals surface area contributed by atoms with Gasteiger partial charge in [0, 0.05) is 29.5 Å². The van der Waals surface area contributed by atoms with Crippen LogP contribution in [0.5, 0.6) is 0 Å². The van der Waals surface area contributed by atoms with Gasteiger partial charge in [-0.1, -0.05) is 31.2 Å². The third-order valence-electron chi connectivity index (χ3n) is 5.79. The predicted molar refractivity (Wildman–Crippen MR) is 140 cm³/mol. The van der Waals surface area contributed by atoms with Crippen molar-refractivity contribution in [2.45, 2.75) is 59.6 Å². The minimum absolute atomic E-state index is 0.400. The first kappa shape index (κ1) is 24.9. The molecule has 0 atom stereocenters. The zero-order chi connectivity index (χ0) is 25.3. The summed E-state index contributed by atoms with van der Waals surface area (Å²) in [5, 5.41) is 5.50. The molecule has 2 aromatic heterocycles. The summed E-state index contributed by atoms with van der Waals surface area (Å²) in [6, 6.07) is 13.2. The topological polar surface area (TPSA) is 74.3 Å². The quantitative estimate of drug-likeness (QED) is 0.188. The summed E-state index contributed by atoms with van der Waals surface area (Å²) in [5.41, 5.74) is 4.76. The molecule has 0 amide bonds. The molecule has 4 aromatic rings. The lowest BCUT2D eigenvalue weighted by molar-refractivity contribution is 0.00701. The van der Waals surface area contributed by atoms with Crippen molar-refractivity contribution in [3.63, 3.8) is 0 Å². The smallest absolute Gasteiger partial charge is 0.339 e. The van der Waals surface area contributed by atoms with Gasteiger partial charge in [-0.15, -0.1) is 0 Å². The van der Waals surface area contributed by atoms with Crippen LogP contribution in [-0.4, -0.2) is 27.6 Å². The third-order valence-corrected chi connectivity index (χ3v) is 6.57. The van der Waals surface area contributed by atoms with Crippen molar-refractivity contribution in [3.05, 3.63) is 75.0 Å². The van der Waals surface area contributed by atoms with Crippen LogP contribution in [0.4, 0.5) is 0 Å². The summed E-state index contributed by atoms with van der Waals surface area (Å²) >= 11 is 3.71. The number of furan rings is 1. The SMILES string of the molecule is CCc1nn(CC)c(C=O)c1Cc1ccc2oc(-c3ccccc3C(=O)OC(C)(C)C)c(Br)c2c1. The van der Waals surface area contributed by atoms with E-state index in [1.165, 1.54) is 0 Å². The molecule has 4 rings (SSSR count). The first-order chi connectivity index (χ1) is 16.7. The molecule has 7 heteroatoms. The Balaban J connectivity index is 1.75. The summed E-state index contributed by atoms with van der Waals surface area (Å²) in [7, 11) is 0. The number of aldehydes is 1. The highest BCUT2D eigenvalue weighted by molar-refractivity contribution is 9.10. The van der Waals surface area contributed by atoms with Gasteiger partial charge in [0.05, 0.1) is 15.7 Å². The zero-order valence-electron chi connectivity index (χ0n) is 20.6. The number of ether oxygens (including phenoxy) is 1. The van der Waals surface area contributed by atoms with Crippen molar-refractivity contribution < 1.29 is 18.7 Å². The van der Waals surface area contributed by atoms with Gasteiger partial charge in [-0.05, 0) is 73.8 Å². The van der Waals surface area contributed by atoms with Gasteiger partial charge < -0.3 is 9.15 Å². The highest BCUT2D eigenvalue weighted by Gasteiger charge is 2.24. The van der Waals surface area contributed by atoms with E-state index in [0.29, 0.717) is 41.1 Å². The van der Waals surface area contributed by atoms with Crippen molar-refractivity contribution in [1.29, 1.82) is 0 Å². The fourth-order valence-corrected chi connectivity index (χ4v) is 4.81. The number of aromatic nitrogens is 2. The van der Waals surface area contributed by atoms with Crippen molar-refractivity contribution in [1.82, 2.24) is 9.78 Å². The van der Waals surface area contributed by atoms with E-state index in [4.69, 9.17) is 9.15 Å². The lowest BCUT2D eigenvalue weighted by Gasteiger charge is -2.20. The first-order valence-electron chi connectivity index (χ1n) is 11.7. The molecular weight excluding hydrogens is 508 g/mol. The lowest BCUT2D eigenvalue weighted by atomic mass is 10.0. The van der Waals surface area contributed by atoms with Crippen LogP contribution in [0.1, 0.15) is 72.3 Å². The largest absolute Gasteiger partial charge is 0.456 e. The number of esters is 1. The molecule has 2 heterocycles. The molecule has 182 valence electrons. The minimum atomic E-state index is -0.604. The van der Waals surface area contributed by atoms with Gasteiger partial charge in [0.15, 0.2) is 6.29 Å². The lowest BCUT2D eigenvalue weighted by Crippen LogP contribution is -2.24. The number of halogens is 1. The van der Waals surface area contributed by atoms with E-state index in [-0.39, 0.29) is 0 Å². The molecule has 0 spiro atoms. The normalized spacial score (nSPS) is 11.7. The van der Waals surface area contributed by atoms with Crippen molar-refractivity contribution >= 4 is 39.2 Å². The Hall–Kier alpha value is -3.19. The van der Waals surface area contributed by atoms with Crippen LogP contribution >= 0.6 is 15.9 Å². The second-order valence-corrected chi connectivity index (χ2v) is 10.2. The van der Waals surface area contributed by atoms with Gasteiger partial charge in [0.1, 0.15) is 22.6 Å². The number of nitrogens with zero attached hydrogens (tertiary/aromatic N) is 2. The predicted octanol–water partition coefficient (Wildman–Crippen LogP) is 7.00. The molecule has 0 bridgehead atoms. The van der Waals surface area contributed by atoms with Gasteiger partial charge in [-0.2, -0.15) is 5.10 Å². The zero-order valence-corrected chi connectivity index (χ0v) is 22.2. The fourth-order valence-electron chi connectivity index (χ4n) is 4.21. The molecule has 0 saturated carbocycles. The molecule has 6 nitrogen and oxygen atoms in total. The van der Waals surface area contributed by atoms with Crippen molar-refractivity contribution in [3.8, 4) is 11.3 Å². The summed E-state index contributed by atoms with van der Waals surface area (Å²) in [6.45, 7) is 10.2. The number of benzene rings is 2. The van der Waals surface area contributed by atoms with E-state index in [9.17, 15) is 9.59 Å². The van der Waals surface area contributed by atoms with Crippen LogP contribution in [0.3, 0.4) is 0 Å². The maximum absolute atomic E-state index is 12.9. The van der Waals surface area contributed by atoms with E-state index in [1.807, 2.05) is 65.0 Å². The number of fused-ring (bicyclic) bond motifs is 1. The molecule has 2 aromatic carbocycles. The number of carbonyl (C=O) groups excluding carboxylic acids is 2. The van der Waals surface area contributed by atoms with E-state index in [2.05, 4.69) is 27.1 Å². The number of hydrogen-bond acceptors (Lipinski definition) is 5. The Morgan fingerprint density at radius 1 is 1.17 bits per heavy atom. The van der Waals surface area contributed by atoms with E-state index in [1.54, 1.807) is 10.7 Å². The molecule has 35 heavy (non-hydrogen) atoms. The van der Waals surface area contributed by atoms with E-state index < -0.39 is 11.6 Å². The summed E-state index contributed by atoms with van der Waals surface area (Å²) < 4.78 is 14.3. The van der Waals surface area contributed by atoms with Crippen LogP contribution in [0.2, 0.25) is 0 Å². The Morgan fingerprint density at radius 2 is 1.91 bits per heavy atom. The Labute approximate surface area is 213 Å². The first-order valence-corrected chi connectivity index (χ1v) is 12.5. The third kappa shape index (κ3) is 4.96. The van der Waals surface area contributed by atoms with E-state index >= 15 is 0 Å². The van der Waals surface area contributed by atoms with Gasteiger partial charge >= 0.3 is 5.97 Å². The van der Waals surface area contributed by atoms with Gasteiger partial charge in [-0.25, -0.2) is 4.79 Å². The maximum Gasteiger partial charge on any atom is 0.339 e. The molecule has 0 aliphatic rings. The summed E-state index contributed by atoms with van der Waals surface area (Å²) in [6.07, 6.45) is 2.24. The Morgan fingerprint density at radius 3 is 2.57 bits per heavy atom. The van der Waals surface area contributed by atoms with Gasteiger partial charge in [0.2, 0.25) is 0 Å². The molecule has 0 saturated heterocycles. The number of rotatable bonds is 7. The highest BCUT2D eigenvalue weighted by atomic mass is 79.9.